The summed E-state index contributed by atoms with van der Waals surface area (Å²) in [6.45, 7) is 9.30. The van der Waals surface area contributed by atoms with Gasteiger partial charge in [0.05, 0.1) is 5.02 Å². The van der Waals surface area contributed by atoms with Gasteiger partial charge >= 0.3 is 0 Å². The lowest BCUT2D eigenvalue weighted by Gasteiger charge is -2.24. The Morgan fingerprint density at radius 1 is 1.29 bits per heavy atom. The molecule has 1 aromatic carbocycles. The third-order valence-corrected chi connectivity index (χ3v) is 3.89. The van der Waals surface area contributed by atoms with E-state index in [1.165, 1.54) is 18.2 Å². The van der Waals surface area contributed by atoms with Crippen LogP contribution in [0.1, 0.15) is 33.3 Å². The van der Waals surface area contributed by atoms with Crippen LogP contribution in [0, 0.1) is 23.6 Å². The van der Waals surface area contributed by atoms with Gasteiger partial charge in [0.25, 0.3) is 0 Å². The monoisotopic (exact) mass is 311 g/mol. The minimum atomic E-state index is -0.463. The summed E-state index contributed by atoms with van der Waals surface area (Å²) >= 11 is 5.69. The lowest BCUT2D eigenvalue weighted by molar-refractivity contribution is -0.116. The topological polar surface area (TPSA) is 29.1 Å². The number of hydrogen-bond donors (Lipinski definition) is 1. The van der Waals surface area contributed by atoms with Crippen LogP contribution >= 0.6 is 11.6 Å². The van der Waals surface area contributed by atoms with E-state index in [1.807, 2.05) is 0 Å². The van der Waals surface area contributed by atoms with Crippen molar-refractivity contribution in [1.82, 2.24) is 5.32 Å². The highest BCUT2D eigenvalue weighted by atomic mass is 35.5. The third-order valence-electron chi connectivity index (χ3n) is 3.60. The molecule has 0 heterocycles. The first kappa shape index (κ1) is 17.7. The van der Waals surface area contributed by atoms with Crippen LogP contribution < -0.4 is 5.32 Å². The fourth-order valence-corrected chi connectivity index (χ4v) is 2.50. The van der Waals surface area contributed by atoms with Crippen molar-refractivity contribution >= 4 is 23.6 Å². The van der Waals surface area contributed by atoms with Crippen LogP contribution in [0.3, 0.4) is 0 Å². The van der Waals surface area contributed by atoms with Crippen LogP contribution in [0.2, 0.25) is 5.02 Å². The Balaban J connectivity index is 2.56. The van der Waals surface area contributed by atoms with Gasteiger partial charge in [-0.1, -0.05) is 45.4 Å². The average Bonchev–Trinajstić information content (AvgIpc) is 2.39. The van der Waals surface area contributed by atoms with Crippen molar-refractivity contribution < 1.29 is 9.18 Å². The summed E-state index contributed by atoms with van der Waals surface area (Å²) in [5, 5.41) is 2.96. The highest BCUT2D eigenvalue weighted by molar-refractivity contribution is 6.30. The maximum absolute atomic E-state index is 13.0. The number of amides is 1. The number of carbonyl (C=O) groups excluding carboxylic acids is 1. The number of nitrogens with one attached hydrogen (secondary N) is 1. The van der Waals surface area contributed by atoms with Crippen molar-refractivity contribution in [1.29, 1.82) is 0 Å². The third kappa shape index (κ3) is 5.88. The van der Waals surface area contributed by atoms with Gasteiger partial charge in [0.15, 0.2) is 0 Å². The van der Waals surface area contributed by atoms with Crippen LogP contribution in [0.5, 0.6) is 0 Å². The van der Waals surface area contributed by atoms with E-state index < -0.39 is 5.82 Å². The number of hydrogen-bond acceptors (Lipinski definition) is 1. The molecule has 0 spiro atoms. The molecule has 1 amide bonds. The first-order valence-corrected chi connectivity index (χ1v) is 7.60. The minimum Gasteiger partial charge on any atom is -0.352 e. The molecule has 0 saturated heterocycles. The van der Waals surface area contributed by atoms with E-state index in [2.05, 4.69) is 33.0 Å². The molecule has 0 atom stereocenters. The predicted molar refractivity (Wildman–Crippen MR) is 86.6 cm³/mol. The molecule has 0 unspecified atom stereocenters. The van der Waals surface area contributed by atoms with E-state index in [9.17, 15) is 9.18 Å². The number of benzene rings is 1. The molecule has 0 saturated carbocycles. The Hall–Kier alpha value is -1.35. The largest absolute Gasteiger partial charge is 0.352 e. The molecule has 0 bridgehead atoms. The Morgan fingerprint density at radius 3 is 2.43 bits per heavy atom. The van der Waals surface area contributed by atoms with Crippen molar-refractivity contribution in [2.45, 2.75) is 27.7 Å². The lowest BCUT2D eigenvalue weighted by atomic mass is 9.85. The fourth-order valence-electron chi connectivity index (χ4n) is 2.31. The second-order valence-electron chi connectivity index (χ2n) is 5.90. The van der Waals surface area contributed by atoms with Gasteiger partial charge in [-0.3, -0.25) is 4.79 Å². The van der Waals surface area contributed by atoms with E-state index in [0.717, 1.165) is 0 Å². The predicted octanol–water partition coefficient (Wildman–Crippen LogP) is 4.54. The van der Waals surface area contributed by atoms with Crippen LogP contribution in [-0.2, 0) is 4.79 Å². The molecule has 21 heavy (non-hydrogen) atoms. The molecule has 0 aliphatic rings. The molecule has 4 heteroatoms. The molecule has 0 aliphatic carbocycles. The molecule has 116 valence electrons. The molecule has 2 nitrogen and oxygen atoms in total. The minimum absolute atomic E-state index is 0.0530. The highest BCUT2D eigenvalue weighted by Gasteiger charge is 2.17. The van der Waals surface area contributed by atoms with Gasteiger partial charge < -0.3 is 5.32 Å². The van der Waals surface area contributed by atoms with Crippen LogP contribution in [0.15, 0.2) is 24.3 Å². The van der Waals surface area contributed by atoms with Gasteiger partial charge in [-0.25, -0.2) is 4.39 Å². The molecule has 0 aromatic heterocycles. The molecule has 0 radical (unpaired) electrons. The van der Waals surface area contributed by atoms with E-state index in [-0.39, 0.29) is 10.9 Å². The molecule has 0 fully saturated rings. The van der Waals surface area contributed by atoms with Crippen molar-refractivity contribution in [3.8, 4) is 0 Å². The first-order chi connectivity index (χ1) is 9.81. The summed E-state index contributed by atoms with van der Waals surface area (Å²) in [5.74, 6) is 0.870. The van der Waals surface area contributed by atoms with Gasteiger partial charge in [-0.05, 0) is 41.5 Å². The van der Waals surface area contributed by atoms with E-state index >= 15 is 0 Å². The van der Waals surface area contributed by atoms with Crippen molar-refractivity contribution in [2.75, 3.05) is 6.54 Å². The van der Waals surface area contributed by atoms with E-state index in [0.29, 0.717) is 29.9 Å². The number of carbonyl (C=O) groups is 1. The molecular weight excluding hydrogens is 289 g/mol. The van der Waals surface area contributed by atoms with Gasteiger partial charge in [-0.2, -0.15) is 0 Å². The van der Waals surface area contributed by atoms with Gasteiger partial charge in [-0.15, -0.1) is 0 Å². The smallest absolute Gasteiger partial charge is 0.244 e. The molecule has 1 N–H and O–H groups in total. The van der Waals surface area contributed by atoms with Crippen molar-refractivity contribution in [3.63, 3.8) is 0 Å². The Kier molecular flexibility index (Phi) is 6.90. The Morgan fingerprint density at radius 2 is 1.90 bits per heavy atom. The molecule has 1 rings (SSSR count). The second-order valence-corrected chi connectivity index (χ2v) is 6.31. The average molecular weight is 312 g/mol. The van der Waals surface area contributed by atoms with E-state index in [4.69, 9.17) is 11.6 Å². The molecule has 0 aliphatic heterocycles. The zero-order valence-electron chi connectivity index (χ0n) is 13.0. The standard InChI is InChI=1S/C17H23ClFNO/c1-11(2)14(12(3)4)10-20-17(21)8-6-13-5-7-16(19)15(18)9-13/h5-9,11-12,14H,10H2,1-4H3,(H,20,21)/b8-6+. The second kappa shape index (κ2) is 8.18. The number of halogens is 2. The van der Waals surface area contributed by atoms with Crippen LogP contribution in [0.4, 0.5) is 4.39 Å². The van der Waals surface area contributed by atoms with Crippen LogP contribution in [0.25, 0.3) is 6.08 Å². The summed E-state index contributed by atoms with van der Waals surface area (Å²) in [4.78, 5) is 11.8. The lowest BCUT2D eigenvalue weighted by Crippen LogP contribution is -2.32. The molecular formula is C17H23ClFNO. The summed E-state index contributed by atoms with van der Waals surface area (Å²) in [6, 6.07) is 4.36. The van der Waals surface area contributed by atoms with Gasteiger partial charge in [0, 0.05) is 12.6 Å². The zero-order chi connectivity index (χ0) is 16.0. The maximum Gasteiger partial charge on any atom is 0.244 e. The summed E-state index contributed by atoms with van der Waals surface area (Å²) in [7, 11) is 0. The summed E-state index contributed by atoms with van der Waals surface area (Å²) in [6.07, 6.45) is 3.07. The SMILES string of the molecule is CC(C)C(CNC(=O)/C=C/c1ccc(F)c(Cl)c1)C(C)C. The first-order valence-electron chi connectivity index (χ1n) is 7.22. The van der Waals surface area contributed by atoms with Gasteiger partial charge in [0.1, 0.15) is 5.82 Å². The van der Waals surface area contributed by atoms with Crippen molar-refractivity contribution in [3.05, 3.63) is 40.7 Å². The summed E-state index contributed by atoms with van der Waals surface area (Å²) in [5.41, 5.74) is 0.695. The van der Waals surface area contributed by atoms with Crippen LogP contribution in [-0.4, -0.2) is 12.5 Å². The summed E-state index contributed by atoms with van der Waals surface area (Å²) < 4.78 is 13.0. The quantitative estimate of drug-likeness (QED) is 0.768. The zero-order valence-corrected chi connectivity index (χ0v) is 13.7. The van der Waals surface area contributed by atoms with Gasteiger partial charge in [0.2, 0.25) is 5.91 Å². The normalized spacial score (nSPS) is 11.9. The Labute approximate surface area is 131 Å². The highest BCUT2D eigenvalue weighted by Crippen LogP contribution is 2.19. The Bertz CT molecular complexity index is 504. The fraction of sp³-hybridized carbons (Fsp3) is 0.471. The van der Waals surface area contributed by atoms with E-state index in [1.54, 1.807) is 12.1 Å². The number of rotatable bonds is 6. The molecule has 1 aromatic rings. The maximum atomic E-state index is 13.0. The van der Waals surface area contributed by atoms with Crippen molar-refractivity contribution in [2.24, 2.45) is 17.8 Å².